The maximum atomic E-state index is 12.5. The second-order valence-corrected chi connectivity index (χ2v) is 7.14. The van der Waals surface area contributed by atoms with Crippen molar-refractivity contribution in [2.24, 2.45) is 0 Å². The average Bonchev–Trinajstić information content (AvgIpc) is 2.38. The Morgan fingerprint density at radius 3 is 2.30 bits per heavy atom. The molecule has 0 spiro atoms. The van der Waals surface area contributed by atoms with Crippen LogP contribution in [0.3, 0.4) is 0 Å². The summed E-state index contributed by atoms with van der Waals surface area (Å²) in [5, 5.41) is 9.63. The maximum Gasteiger partial charge on any atom is 0.244 e. The van der Waals surface area contributed by atoms with E-state index in [1.807, 2.05) is 0 Å². The zero-order valence-electron chi connectivity index (χ0n) is 10.6. The summed E-state index contributed by atoms with van der Waals surface area (Å²) in [7, 11) is -3.92. The molecule has 112 valence electrons. The number of halogens is 2. The van der Waals surface area contributed by atoms with Gasteiger partial charge in [-0.3, -0.25) is 0 Å². The molecule has 1 heterocycles. The van der Waals surface area contributed by atoms with Gasteiger partial charge in [0, 0.05) is 13.2 Å². The largest absolute Gasteiger partial charge is 0.394 e. The summed E-state index contributed by atoms with van der Waals surface area (Å²) < 4.78 is 32.7. The Hall–Kier alpha value is -0.370. The van der Waals surface area contributed by atoms with Gasteiger partial charge >= 0.3 is 0 Å². The van der Waals surface area contributed by atoms with E-state index >= 15 is 0 Å². The van der Waals surface area contributed by atoms with Crippen LogP contribution in [-0.4, -0.2) is 38.9 Å². The number of hydrogen-bond acceptors (Lipinski definition) is 4. The van der Waals surface area contributed by atoms with Crippen molar-refractivity contribution in [1.82, 2.24) is 4.72 Å². The van der Waals surface area contributed by atoms with E-state index in [9.17, 15) is 13.5 Å². The van der Waals surface area contributed by atoms with Crippen LogP contribution in [0.2, 0.25) is 10.0 Å². The third-order valence-corrected chi connectivity index (χ3v) is 5.82. The summed E-state index contributed by atoms with van der Waals surface area (Å²) in [6.45, 7) is 0.469. The van der Waals surface area contributed by atoms with E-state index in [-0.39, 0.29) is 21.5 Å². The molecule has 0 saturated carbocycles. The van der Waals surface area contributed by atoms with Crippen molar-refractivity contribution < 1.29 is 18.3 Å². The number of aliphatic hydroxyl groups is 1. The topological polar surface area (TPSA) is 75.6 Å². The molecule has 1 aliphatic rings. The quantitative estimate of drug-likeness (QED) is 0.877. The number of hydrogen-bond donors (Lipinski definition) is 2. The van der Waals surface area contributed by atoms with E-state index in [2.05, 4.69) is 4.72 Å². The van der Waals surface area contributed by atoms with Crippen LogP contribution < -0.4 is 4.72 Å². The van der Waals surface area contributed by atoms with Gasteiger partial charge in [0.05, 0.1) is 22.2 Å². The van der Waals surface area contributed by atoms with Gasteiger partial charge in [0.15, 0.2) is 0 Å². The fraction of sp³-hybridized carbons (Fsp3) is 0.500. The molecule has 0 unspecified atom stereocenters. The molecule has 0 amide bonds. The summed E-state index contributed by atoms with van der Waals surface area (Å²) in [5.74, 6) is 0. The molecule has 20 heavy (non-hydrogen) atoms. The van der Waals surface area contributed by atoms with Gasteiger partial charge in [-0.2, -0.15) is 0 Å². The number of ether oxygens (including phenoxy) is 1. The minimum atomic E-state index is -3.92. The van der Waals surface area contributed by atoms with Crippen LogP contribution >= 0.6 is 23.2 Å². The highest BCUT2D eigenvalue weighted by molar-refractivity contribution is 7.89. The summed E-state index contributed by atoms with van der Waals surface area (Å²) in [4.78, 5) is -0.164. The van der Waals surface area contributed by atoms with Crippen LogP contribution in [0.25, 0.3) is 0 Å². The molecular formula is C12H15Cl2NO4S. The van der Waals surface area contributed by atoms with Gasteiger partial charge in [-0.25, -0.2) is 13.1 Å². The van der Waals surface area contributed by atoms with Gasteiger partial charge in [-0.1, -0.05) is 29.3 Å². The third kappa shape index (κ3) is 3.27. The molecule has 2 N–H and O–H groups in total. The molecular weight excluding hydrogens is 325 g/mol. The van der Waals surface area contributed by atoms with Crippen molar-refractivity contribution in [2.75, 3.05) is 19.8 Å². The molecule has 1 aromatic rings. The fourth-order valence-corrected chi connectivity index (χ4v) is 4.73. The summed E-state index contributed by atoms with van der Waals surface area (Å²) in [5.41, 5.74) is -0.931. The van der Waals surface area contributed by atoms with Crippen LogP contribution in [0, 0.1) is 0 Å². The zero-order valence-corrected chi connectivity index (χ0v) is 12.9. The number of sulfonamides is 1. The van der Waals surface area contributed by atoms with Crippen LogP contribution in [0.15, 0.2) is 23.1 Å². The van der Waals surface area contributed by atoms with Gasteiger partial charge in [-0.15, -0.1) is 0 Å². The summed E-state index contributed by atoms with van der Waals surface area (Å²) in [6, 6.07) is 4.48. The zero-order chi connectivity index (χ0) is 14.8. The standard InChI is InChI=1S/C12H15Cl2NO4S/c13-9-2-1-3-10(14)11(9)20(17,18)15-12(8-16)4-6-19-7-5-12/h1-3,15-16H,4-8H2. The van der Waals surface area contributed by atoms with Crippen molar-refractivity contribution >= 4 is 33.2 Å². The number of aliphatic hydroxyl groups excluding tert-OH is 1. The Kier molecular flexibility index (Phi) is 4.94. The van der Waals surface area contributed by atoms with E-state index < -0.39 is 15.6 Å². The molecule has 0 aromatic heterocycles. The normalized spacial score (nSPS) is 18.9. The van der Waals surface area contributed by atoms with E-state index in [0.717, 1.165) is 0 Å². The number of benzene rings is 1. The smallest absolute Gasteiger partial charge is 0.244 e. The second-order valence-electron chi connectivity index (χ2n) is 4.71. The van der Waals surface area contributed by atoms with E-state index in [0.29, 0.717) is 26.1 Å². The lowest BCUT2D eigenvalue weighted by Gasteiger charge is -2.36. The van der Waals surface area contributed by atoms with Crippen molar-refractivity contribution in [3.8, 4) is 0 Å². The van der Waals surface area contributed by atoms with E-state index in [1.54, 1.807) is 6.07 Å². The van der Waals surface area contributed by atoms with Crippen molar-refractivity contribution in [1.29, 1.82) is 0 Å². The Morgan fingerprint density at radius 1 is 1.25 bits per heavy atom. The van der Waals surface area contributed by atoms with Gasteiger partial charge in [0.2, 0.25) is 10.0 Å². The molecule has 1 aliphatic heterocycles. The molecule has 0 radical (unpaired) electrons. The van der Waals surface area contributed by atoms with Gasteiger partial charge < -0.3 is 9.84 Å². The molecule has 8 heteroatoms. The molecule has 5 nitrogen and oxygen atoms in total. The highest BCUT2D eigenvalue weighted by Gasteiger charge is 2.37. The summed E-state index contributed by atoms with van der Waals surface area (Å²) in [6.07, 6.45) is 0.787. The summed E-state index contributed by atoms with van der Waals surface area (Å²) >= 11 is 11.9. The van der Waals surface area contributed by atoms with Crippen molar-refractivity contribution in [3.63, 3.8) is 0 Å². The van der Waals surface area contributed by atoms with Crippen LogP contribution in [0.5, 0.6) is 0 Å². The van der Waals surface area contributed by atoms with Crippen molar-refractivity contribution in [3.05, 3.63) is 28.2 Å². The van der Waals surface area contributed by atoms with Crippen molar-refractivity contribution in [2.45, 2.75) is 23.3 Å². The Bertz CT molecular complexity index is 565. The highest BCUT2D eigenvalue weighted by Crippen LogP contribution is 2.31. The van der Waals surface area contributed by atoms with Crippen LogP contribution in [0.1, 0.15) is 12.8 Å². The lowest BCUT2D eigenvalue weighted by Crippen LogP contribution is -2.54. The van der Waals surface area contributed by atoms with E-state index in [1.165, 1.54) is 12.1 Å². The minimum absolute atomic E-state index is 0.0464. The average molecular weight is 340 g/mol. The molecule has 2 rings (SSSR count). The first-order chi connectivity index (χ1) is 9.40. The SMILES string of the molecule is O=S(=O)(NC1(CO)CCOCC1)c1c(Cl)cccc1Cl. The minimum Gasteiger partial charge on any atom is -0.394 e. The first-order valence-electron chi connectivity index (χ1n) is 6.07. The first kappa shape index (κ1) is 16.0. The Balaban J connectivity index is 2.35. The molecule has 0 atom stereocenters. The predicted octanol–water partition coefficient (Wildman–Crippen LogP) is 1.81. The maximum absolute atomic E-state index is 12.5. The number of nitrogens with one attached hydrogen (secondary N) is 1. The van der Waals surface area contributed by atoms with Gasteiger partial charge in [0.1, 0.15) is 4.90 Å². The molecule has 0 aliphatic carbocycles. The molecule has 1 fully saturated rings. The third-order valence-electron chi connectivity index (χ3n) is 3.29. The number of rotatable bonds is 4. The fourth-order valence-electron chi connectivity index (χ4n) is 2.13. The molecule has 1 saturated heterocycles. The van der Waals surface area contributed by atoms with Crippen LogP contribution in [-0.2, 0) is 14.8 Å². The second kappa shape index (κ2) is 6.17. The molecule has 0 bridgehead atoms. The lowest BCUT2D eigenvalue weighted by atomic mass is 9.93. The Labute approximate surface area is 127 Å². The lowest BCUT2D eigenvalue weighted by molar-refractivity contribution is 0.0223. The Morgan fingerprint density at radius 2 is 1.80 bits per heavy atom. The van der Waals surface area contributed by atoms with Gasteiger partial charge in [0.25, 0.3) is 0 Å². The van der Waals surface area contributed by atoms with E-state index in [4.69, 9.17) is 27.9 Å². The molecule has 1 aromatic carbocycles. The highest BCUT2D eigenvalue weighted by atomic mass is 35.5. The first-order valence-corrected chi connectivity index (χ1v) is 8.31. The predicted molar refractivity (Wildman–Crippen MR) is 76.7 cm³/mol. The van der Waals surface area contributed by atoms with Crippen LogP contribution in [0.4, 0.5) is 0 Å². The monoisotopic (exact) mass is 339 g/mol. The van der Waals surface area contributed by atoms with Gasteiger partial charge in [-0.05, 0) is 25.0 Å².